The summed E-state index contributed by atoms with van der Waals surface area (Å²) in [6.45, 7) is 0.231. The Labute approximate surface area is 118 Å². The number of alkyl halides is 3. The molecule has 0 aliphatic heterocycles. The van der Waals surface area contributed by atoms with E-state index in [0.29, 0.717) is 0 Å². The minimum Gasteiger partial charge on any atom is -0.478 e. The molecule has 21 heavy (non-hydrogen) atoms. The second-order valence-electron chi connectivity index (χ2n) is 5.35. The number of rotatable bonds is 3. The second-order valence-corrected chi connectivity index (χ2v) is 5.35. The smallest absolute Gasteiger partial charge is 0.449 e. The Morgan fingerprint density at radius 1 is 1.38 bits per heavy atom. The van der Waals surface area contributed by atoms with E-state index in [1.807, 2.05) is 0 Å². The van der Waals surface area contributed by atoms with Gasteiger partial charge in [0.25, 0.3) is 0 Å². The molecule has 1 heterocycles. The number of carboxylic acids is 1. The first kappa shape index (κ1) is 13.9. The Bertz CT molecular complexity index is 702. The molecule has 2 aromatic rings. The number of aromatic nitrogens is 2. The van der Waals surface area contributed by atoms with Crippen LogP contribution in [0.1, 0.15) is 35.4 Å². The van der Waals surface area contributed by atoms with Crippen LogP contribution >= 0.6 is 0 Å². The minimum atomic E-state index is -4.55. The van der Waals surface area contributed by atoms with Gasteiger partial charge >= 0.3 is 12.1 Å². The fourth-order valence-electron chi connectivity index (χ4n) is 2.59. The number of carbonyl (C=O) groups is 1. The van der Waals surface area contributed by atoms with Crippen LogP contribution in [0.3, 0.4) is 0 Å². The van der Waals surface area contributed by atoms with Crippen molar-refractivity contribution >= 4 is 17.0 Å². The predicted octanol–water partition coefficient (Wildman–Crippen LogP) is 3.55. The van der Waals surface area contributed by atoms with Gasteiger partial charge < -0.3 is 9.67 Å². The van der Waals surface area contributed by atoms with Crippen molar-refractivity contribution in [3.8, 4) is 0 Å². The molecule has 0 radical (unpaired) electrons. The monoisotopic (exact) mass is 298 g/mol. The average Bonchev–Trinajstić information content (AvgIpc) is 2.71. The number of fused-ring (bicyclic) bond motifs is 1. The molecule has 0 amide bonds. The summed E-state index contributed by atoms with van der Waals surface area (Å²) in [7, 11) is 0. The first-order valence-electron chi connectivity index (χ1n) is 6.67. The number of imidazole rings is 1. The minimum absolute atomic E-state index is 0.0361. The molecule has 1 aromatic heterocycles. The van der Waals surface area contributed by atoms with Crippen molar-refractivity contribution in [1.29, 1.82) is 0 Å². The van der Waals surface area contributed by atoms with Gasteiger partial charge in [0.15, 0.2) is 0 Å². The van der Waals surface area contributed by atoms with Crippen molar-refractivity contribution in [1.82, 2.24) is 9.55 Å². The maximum absolute atomic E-state index is 13.1. The quantitative estimate of drug-likeness (QED) is 0.942. The lowest BCUT2D eigenvalue weighted by Crippen LogP contribution is -2.22. The van der Waals surface area contributed by atoms with Crippen molar-refractivity contribution in [2.45, 2.75) is 32.0 Å². The van der Waals surface area contributed by atoms with Crippen LogP contribution in [0.5, 0.6) is 0 Å². The van der Waals surface area contributed by atoms with Crippen molar-refractivity contribution in [3.63, 3.8) is 0 Å². The number of hydrogen-bond donors (Lipinski definition) is 1. The van der Waals surface area contributed by atoms with Gasteiger partial charge in [0.2, 0.25) is 5.82 Å². The fraction of sp³-hybridized carbons (Fsp3) is 0.429. The number of hydrogen-bond acceptors (Lipinski definition) is 2. The summed E-state index contributed by atoms with van der Waals surface area (Å²) in [6, 6.07) is 3.86. The Kier molecular flexibility index (Phi) is 3.15. The normalized spacial score (nSPS) is 16.1. The summed E-state index contributed by atoms with van der Waals surface area (Å²) in [5.41, 5.74) is 0.367. The van der Waals surface area contributed by atoms with Gasteiger partial charge in [0, 0.05) is 6.54 Å². The summed E-state index contributed by atoms with van der Waals surface area (Å²) >= 11 is 0. The van der Waals surface area contributed by atoms with Crippen molar-refractivity contribution in [2.75, 3.05) is 0 Å². The van der Waals surface area contributed by atoms with Crippen LogP contribution in [0.15, 0.2) is 18.2 Å². The van der Waals surface area contributed by atoms with Crippen LogP contribution < -0.4 is 0 Å². The van der Waals surface area contributed by atoms with Crippen LogP contribution in [-0.2, 0) is 12.7 Å². The molecule has 0 unspecified atom stereocenters. The molecular weight excluding hydrogens is 285 g/mol. The third-order valence-electron chi connectivity index (χ3n) is 3.91. The molecule has 112 valence electrons. The summed E-state index contributed by atoms with van der Waals surface area (Å²) in [5.74, 6) is -1.91. The zero-order valence-corrected chi connectivity index (χ0v) is 11.0. The zero-order valence-electron chi connectivity index (χ0n) is 11.0. The molecule has 0 spiro atoms. The molecule has 4 nitrogen and oxygen atoms in total. The second kappa shape index (κ2) is 4.75. The standard InChI is InChI=1S/C14H13F3N2O2/c15-14(16,17)13-18-10-5-4-9(12(20)21)6-11(10)19(13)7-8-2-1-3-8/h4-6,8H,1-3,7H2,(H,20,21). The molecule has 1 aliphatic rings. The number of benzene rings is 1. The average molecular weight is 298 g/mol. The Hall–Kier alpha value is -2.05. The van der Waals surface area contributed by atoms with Crippen LogP contribution in [0, 0.1) is 5.92 Å². The highest BCUT2D eigenvalue weighted by Gasteiger charge is 2.38. The maximum Gasteiger partial charge on any atom is 0.449 e. The van der Waals surface area contributed by atoms with E-state index in [9.17, 15) is 18.0 Å². The Morgan fingerprint density at radius 2 is 2.10 bits per heavy atom. The highest BCUT2D eigenvalue weighted by Crippen LogP contribution is 2.35. The summed E-state index contributed by atoms with van der Waals surface area (Å²) in [6.07, 6.45) is -1.73. The molecule has 0 bridgehead atoms. The topological polar surface area (TPSA) is 55.1 Å². The summed E-state index contributed by atoms with van der Waals surface area (Å²) in [5, 5.41) is 8.99. The van der Waals surface area contributed by atoms with Crippen molar-refractivity contribution in [3.05, 3.63) is 29.6 Å². The zero-order chi connectivity index (χ0) is 15.2. The van der Waals surface area contributed by atoms with Gasteiger partial charge in [-0.2, -0.15) is 13.2 Å². The maximum atomic E-state index is 13.1. The van der Waals surface area contributed by atoms with Gasteiger partial charge in [-0.3, -0.25) is 0 Å². The number of aromatic carboxylic acids is 1. The van der Waals surface area contributed by atoms with Gasteiger partial charge in [0.1, 0.15) is 0 Å². The number of carboxylic acid groups (broad SMARTS) is 1. The van der Waals surface area contributed by atoms with Gasteiger partial charge in [-0.05, 0) is 37.0 Å². The third-order valence-corrected chi connectivity index (χ3v) is 3.91. The van der Waals surface area contributed by atoms with Gasteiger partial charge in [-0.25, -0.2) is 9.78 Å². The molecule has 1 fully saturated rings. The lowest BCUT2D eigenvalue weighted by Gasteiger charge is -2.27. The van der Waals surface area contributed by atoms with E-state index in [0.717, 1.165) is 23.8 Å². The molecular formula is C14H13F3N2O2. The Balaban J connectivity index is 2.15. The highest BCUT2D eigenvalue weighted by atomic mass is 19.4. The molecule has 1 saturated carbocycles. The first-order valence-corrected chi connectivity index (χ1v) is 6.67. The highest BCUT2D eigenvalue weighted by molar-refractivity contribution is 5.92. The van der Waals surface area contributed by atoms with Crippen LogP contribution in [0.25, 0.3) is 11.0 Å². The van der Waals surface area contributed by atoms with Gasteiger partial charge in [-0.1, -0.05) is 6.42 Å². The van der Waals surface area contributed by atoms with Crippen LogP contribution in [-0.4, -0.2) is 20.6 Å². The van der Waals surface area contributed by atoms with Gasteiger partial charge in [-0.15, -0.1) is 0 Å². The largest absolute Gasteiger partial charge is 0.478 e. The number of halogens is 3. The molecule has 3 rings (SSSR count). The van der Waals surface area contributed by atoms with E-state index in [1.54, 1.807) is 0 Å². The van der Waals surface area contributed by atoms with Crippen molar-refractivity contribution < 1.29 is 23.1 Å². The fourth-order valence-corrected chi connectivity index (χ4v) is 2.59. The van der Waals surface area contributed by atoms with Crippen LogP contribution in [0.4, 0.5) is 13.2 Å². The van der Waals surface area contributed by atoms with E-state index in [-0.39, 0.29) is 29.1 Å². The summed E-state index contributed by atoms with van der Waals surface area (Å²) < 4.78 is 40.5. The van der Waals surface area contributed by atoms with Gasteiger partial charge in [0.05, 0.1) is 16.6 Å². The van der Waals surface area contributed by atoms with Crippen molar-refractivity contribution in [2.24, 2.45) is 5.92 Å². The molecule has 0 saturated heterocycles. The summed E-state index contributed by atoms with van der Waals surface area (Å²) in [4.78, 5) is 14.6. The predicted molar refractivity (Wildman–Crippen MR) is 69.0 cm³/mol. The first-order chi connectivity index (χ1) is 9.86. The van der Waals surface area contributed by atoms with E-state index in [1.165, 1.54) is 18.2 Å². The Morgan fingerprint density at radius 3 is 2.62 bits per heavy atom. The lowest BCUT2D eigenvalue weighted by molar-refractivity contribution is -0.147. The lowest BCUT2D eigenvalue weighted by atomic mass is 9.85. The van der Waals surface area contributed by atoms with E-state index < -0.39 is 18.0 Å². The molecule has 0 atom stereocenters. The third kappa shape index (κ3) is 2.48. The molecule has 1 N–H and O–H groups in total. The van der Waals surface area contributed by atoms with E-state index in [2.05, 4.69) is 4.98 Å². The number of nitrogens with zero attached hydrogens (tertiary/aromatic N) is 2. The molecule has 1 aliphatic carbocycles. The molecule has 1 aromatic carbocycles. The van der Waals surface area contributed by atoms with Crippen LogP contribution in [0.2, 0.25) is 0 Å². The SMILES string of the molecule is O=C(O)c1ccc2nc(C(F)(F)F)n(CC3CCC3)c2c1. The van der Waals surface area contributed by atoms with E-state index in [4.69, 9.17) is 5.11 Å². The molecule has 7 heteroatoms. The van der Waals surface area contributed by atoms with E-state index >= 15 is 0 Å².